The molecule has 1 aromatic carbocycles. The highest BCUT2D eigenvalue weighted by Crippen LogP contribution is 2.33. The lowest BCUT2D eigenvalue weighted by atomic mass is 10.2. The quantitative estimate of drug-likeness (QED) is 0.859. The summed E-state index contributed by atoms with van der Waals surface area (Å²) in [5, 5.41) is 8.70. The summed E-state index contributed by atoms with van der Waals surface area (Å²) in [5.41, 5.74) is 3.40. The molecule has 0 unspecified atom stereocenters. The Morgan fingerprint density at radius 1 is 1.24 bits per heavy atom. The Labute approximate surface area is 147 Å². The minimum Gasteiger partial charge on any atom is -0.486 e. The summed E-state index contributed by atoms with van der Waals surface area (Å²) in [6.07, 6.45) is 0.323. The van der Waals surface area contributed by atoms with Crippen molar-refractivity contribution < 1.29 is 14.3 Å². The van der Waals surface area contributed by atoms with Gasteiger partial charge in [0.25, 0.3) is 5.91 Å². The van der Waals surface area contributed by atoms with Crippen molar-refractivity contribution in [2.24, 2.45) is 0 Å². The van der Waals surface area contributed by atoms with Crippen molar-refractivity contribution in [3.05, 3.63) is 41.2 Å². The summed E-state index contributed by atoms with van der Waals surface area (Å²) in [4.78, 5) is 14.2. The van der Waals surface area contributed by atoms with Crippen LogP contribution in [0.2, 0.25) is 0 Å². The third kappa shape index (κ3) is 3.18. The van der Waals surface area contributed by atoms with Gasteiger partial charge in [-0.2, -0.15) is 5.26 Å². The Hall–Kier alpha value is -2.94. The molecular formula is C19H21N3O3. The van der Waals surface area contributed by atoms with Gasteiger partial charge in [0.1, 0.15) is 13.2 Å². The van der Waals surface area contributed by atoms with Gasteiger partial charge in [-0.25, -0.2) is 0 Å². The number of hydrogen-bond donors (Lipinski definition) is 0. The number of nitriles is 1. The van der Waals surface area contributed by atoms with Crippen LogP contribution in [-0.4, -0.2) is 42.2 Å². The number of fused-ring (bicyclic) bond motifs is 1. The van der Waals surface area contributed by atoms with E-state index in [1.807, 2.05) is 42.7 Å². The van der Waals surface area contributed by atoms with E-state index >= 15 is 0 Å². The molecular weight excluding hydrogens is 318 g/mol. The first-order valence-electron chi connectivity index (χ1n) is 8.24. The molecule has 1 amide bonds. The van der Waals surface area contributed by atoms with Crippen LogP contribution in [0.3, 0.4) is 0 Å². The van der Waals surface area contributed by atoms with Crippen LogP contribution < -0.4 is 9.47 Å². The maximum atomic E-state index is 12.7. The molecule has 25 heavy (non-hydrogen) atoms. The van der Waals surface area contributed by atoms with E-state index < -0.39 is 0 Å². The topological polar surface area (TPSA) is 67.5 Å². The molecule has 0 fully saturated rings. The minimum absolute atomic E-state index is 0.0767. The van der Waals surface area contributed by atoms with Gasteiger partial charge in [0.15, 0.2) is 11.5 Å². The third-order valence-electron chi connectivity index (χ3n) is 4.35. The second kappa shape index (κ2) is 6.89. The van der Waals surface area contributed by atoms with Gasteiger partial charge in [0.05, 0.1) is 18.1 Å². The van der Waals surface area contributed by atoms with Crippen LogP contribution in [-0.2, 0) is 0 Å². The molecule has 0 spiro atoms. The van der Waals surface area contributed by atoms with Crippen LogP contribution in [0.15, 0.2) is 24.3 Å². The van der Waals surface area contributed by atoms with Crippen LogP contribution in [0.5, 0.6) is 11.5 Å². The maximum Gasteiger partial charge on any atom is 0.255 e. The van der Waals surface area contributed by atoms with Crippen LogP contribution in [0.1, 0.15) is 28.2 Å². The van der Waals surface area contributed by atoms with Crippen LogP contribution in [0.4, 0.5) is 0 Å². The normalized spacial score (nSPS) is 12.6. The van der Waals surface area contributed by atoms with Crippen molar-refractivity contribution in [3.8, 4) is 23.3 Å². The molecule has 0 aliphatic carbocycles. The second-order valence-electron chi connectivity index (χ2n) is 6.08. The molecule has 130 valence electrons. The number of ether oxygens (including phenoxy) is 2. The molecule has 2 heterocycles. The van der Waals surface area contributed by atoms with Crippen molar-refractivity contribution in [3.63, 3.8) is 0 Å². The molecule has 0 bridgehead atoms. The summed E-state index contributed by atoms with van der Waals surface area (Å²) in [7, 11) is 1.72. The summed E-state index contributed by atoms with van der Waals surface area (Å²) < 4.78 is 13.3. The highest BCUT2D eigenvalue weighted by Gasteiger charge is 2.21. The zero-order chi connectivity index (χ0) is 18.0. The Morgan fingerprint density at radius 3 is 2.68 bits per heavy atom. The lowest BCUT2D eigenvalue weighted by Gasteiger charge is -2.20. The predicted molar refractivity (Wildman–Crippen MR) is 93.4 cm³/mol. The van der Waals surface area contributed by atoms with E-state index in [4.69, 9.17) is 14.7 Å². The molecule has 1 aromatic heterocycles. The first kappa shape index (κ1) is 16.9. The Morgan fingerprint density at radius 2 is 1.96 bits per heavy atom. The molecule has 1 aliphatic heterocycles. The standard InChI is InChI=1S/C19H21N3O3/c1-13-11-16(19(23)21(3)8-4-7-20)14(2)22(13)15-5-6-17-18(12-15)25-10-9-24-17/h5-6,11-12H,4,8-10H2,1-3H3. The SMILES string of the molecule is Cc1cc(C(=O)N(C)CCC#N)c(C)n1-c1ccc2c(c1)OCCO2. The fraction of sp³-hybridized carbons (Fsp3) is 0.368. The molecule has 3 rings (SSSR count). The van der Waals surface area contributed by atoms with Gasteiger partial charge < -0.3 is 18.9 Å². The maximum absolute atomic E-state index is 12.7. The number of rotatable bonds is 4. The Bertz CT molecular complexity index is 848. The summed E-state index contributed by atoms with van der Waals surface area (Å²) in [6.45, 7) is 5.41. The van der Waals surface area contributed by atoms with Gasteiger partial charge in [-0.3, -0.25) is 4.79 Å². The summed E-state index contributed by atoms with van der Waals surface area (Å²) >= 11 is 0. The van der Waals surface area contributed by atoms with E-state index in [-0.39, 0.29) is 5.91 Å². The molecule has 6 nitrogen and oxygen atoms in total. The number of aromatic nitrogens is 1. The number of carbonyl (C=O) groups is 1. The van der Waals surface area contributed by atoms with E-state index in [0.29, 0.717) is 31.7 Å². The van der Waals surface area contributed by atoms with Gasteiger partial charge >= 0.3 is 0 Å². The zero-order valence-electron chi connectivity index (χ0n) is 14.7. The number of amides is 1. The van der Waals surface area contributed by atoms with Gasteiger partial charge in [-0.05, 0) is 32.0 Å². The van der Waals surface area contributed by atoms with Gasteiger partial charge in [-0.15, -0.1) is 0 Å². The fourth-order valence-electron chi connectivity index (χ4n) is 3.07. The molecule has 0 atom stereocenters. The largest absolute Gasteiger partial charge is 0.486 e. The highest BCUT2D eigenvalue weighted by atomic mass is 16.6. The fourth-order valence-corrected chi connectivity index (χ4v) is 3.07. The zero-order valence-corrected chi connectivity index (χ0v) is 14.7. The molecule has 6 heteroatoms. The molecule has 0 N–H and O–H groups in total. The van der Waals surface area contributed by atoms with Crippen molar-refractivity contribution in [1.29, 1.82) is 5.26 Å². The Kier molecular flexibility index (Phi) is 4.66. The molecule has 0 radical (unpaired) electrons. The second-order valence-corrected chi connectivity index (χ2v) is 6.08. The van der Waals surface area contributed by atoms with Crippen LogP contribution in [0.25, 0.3) is 5.69 Å². The average molecular weight is 339 g/mol. The van der Waals surface area contributed by atoms with Crippen molar-refractivity contribution >= 4 is 5.91 Å². The number of carbonyl (C=O) groups excluding carboxylic acids is 1. The van der Waals surface area contributed by atoms with E-state index in [9.17, 15) is 4.79 Å². The number of nitrogens with zero attached hydrogens (tertiary/aromatic N) is 3. The van der Waals surface area contributed by atoms with Crippen molar-refractivity contribution in [2.45, 2.75) is 20.3 Å². The van der Waals surface area contributed by atoms with Crippen LogP contribution >= 0.6 is 0 Å². The number of hydrogen-bond acceptors (Lipinski definition) is 4. The van der Waals surface area contributed by atoms with Crippen molar-refractivity contribution in [2.75, 3.05) is 26.8 Å². The van der Waals surface area contributed by atoms with Crippen LogP contribution in [0, 0.1) is 25.2 Å². The van der Waals surface area contributed by atoms with Gasteiger partial charge in [-0.1, -0.05) is 0 Å². The predicted octanol–water partition coefficient (Wildman–Crippen LogP) is 2.85. The van der Waals surface area contributed by atoms with E-state index in [0.717, 1.165) is 28.6 Å². The summed E-state index contributed by atoms with van der Waals surface area (Å²) in [6, 6.07) is 9.74. The number of benzene rings is 1. The monoisotopic (exact) mass is 339 g/mol. The molecule has 2 aromatic rings. The van der Waals surface area contributed by atoms with E-state index in [1.165, 1.54) is 0 Å². The highest BCUT2D eigenvalue weighted by molar-refractivity contribution is 5.95. The average Bonchev–Trinajstić information content (AvgIpc) is 2.92. The number of aryl methyl sites for hydroxylation is 1. The first-order chi connectivity index (χ1) is 12.0. The van der Waals surface area contributed by atoms with Gasteiger partial charge in [0, 0.05) is 36.7 Å². The lowest BCUT2D eigenvalue weighted by molar-refractivity contribution is 0.0797. The van der Waals surface area contributed by atoms with Crippen molar-refractivity contribution in [1.82, 2.24) is 9.47 Å². The molecule has 0 saturated heterocycles. The van der Waals surface area contributed by atoms with E-state index in [1.54, 1.807) is 11.9 Å². The lowest BCUT2D eigenvalue weighted by Crippen LogP contribution is -2.27. The minimum atomic E-state index is -0.0767. The molecule has 0 saturated carbocycles. The Balaban J connectivity index is 1.95. The first-order valence-corrected chi connectivity index (χ1v) is 8.24. The van der Waals surface area contributed by atoms with E-state index in [2.05, 4.69) is 6.07 Å². The smallest absolute Gasteiger partial charge is 0.255 e. The third-order valence-corrected chi connectivity index (χ3v) is 4.35. The summed E-state index contributed by atoms with van der Waals surface area (Å²) in [5.74, 6) is 1.38. The van der Waals surface area contributed by atoms with Gasteiger partial charge in [0.2, 0.25) is 0 Å². The molecule has 1 aliphatic rings.